The number of hydrogen-bond donors (Lipinski definition) is 0. The van der Waals surface area contributed by atoms with E-state index in [1.807, 2.05) is 0 Å². The lowest BCUT2D eigenvalue weighted by Crippen LogP contribution is -2.48. The summed E-state index contributed by atoms with van der Waals surface area (Å²) in [5, 5.41) is 6.40. The van der Waals surface area contributed by atoms with Gasteiger partial charge < -0.3 is 13.9 Å². The lowest BCUT2D eigenvalue weighted by molar-refractivity contribution is 0.436. The van der Waals surface area contributed by atoms with Crippen molar-refractivity contribution in [1.82, 2.24) is 13.6 Å². The zero-order chi connectivity index (χ0) is 41.6. The fourth-order valence-electron chi connectivity index (χ4n) is 12.0. The molecule has 10 aromatic rings. The molecule has 5 heteroatoms. The van der Waals surface area contributed by atoms with Crippen molar-refractivity contribution in [2.24, 2.45) is 10.9 Å². The molecule has 3 unspecified atom stereocenters. The predicted octanol–water partition coefficient (Wildman–Crippen LogP) is 12.5. The molecule has 0 bridgehead atoms. The molecule has 0 amide bonds. The summed E-state index contributed by atoms with van der Waals surface area (Å²) in [5.41, 5.74) is 14.8. The van der Waals surface area contributed by atoms with E-state index >= 15 is 0 Å². The van der Waals surface area contributed by atoms with Crippen LogP contribution < -0.4 is 19.8 Å². The normalized spacial score (nSPS) is 20.1. The van der Waals surface area contributed by atoms with Gasteiger partial charge in [0.1, 0.15) is 22.9 Å². The molecule has 5 heterocycles. The first-order valence-corrected chi connectivity index (χ1v) is 22.0. The monoisotopic (exact) mass is 809 g/mol. The average molecular weight is 810 g/mol. The minimum absolute atomic E-state index is 0.356. The van der Waals surface area contributed by atoms with E-state index in [4.69, 9.17) is 9.73 Å². The first-order valence-electron chi connectivity index (χ1n) is 22.0. The number of aliphatic imine (C=N–C) groups is 1. The van der Waals surface area contributed by atoms with E-state index in [2.05, 4.69) is 217 Å². The SMILES string of the molecule is CC1C=c2c3n(c4ccccc24)-c2ccccc2C2(C=3C1)c1ccccc1Oc1cc3c(cc12)c1ccccc1n3-c1ccc(C2=Nc3ccccc3[N+]2(C)c2ccccc2)cc1. The standard InChI is InChI=1S/C58H41N4O/c1-36-32-43-41-19-7-12-24-50(41)61-51-25-13-8-20-44(51)58(47(33-36)56(43)61)45-21-9-15-27-54(45)63-55-35-52-42(34-46(55)58)40-18-6-11-23-49(40)60(52)38-30-28-37(29-31-38)57-59-48-22-10-14-26-53(48)62(57,2)39-16-4-3-5-17-39/h3-32,34-36H,33H2,1-2H3/q+1. The Morgan fingerprint density at radius 1 is 0.587 bits per heavy atom. The van der Waals surface area contributed by atoms with Crippen molar-refractivity contribution in [3.8, 4) is 22.9 Å². The first kappa shape index (κ1) is 34.9. The second-order valence-electron chi connectivity index (χ2n) is 17.8. The number of aromatic nitrogens is 2. The molecule has 63 heavy (non-hydrogen) atoms. The van der Waals surface area contributed by atoms with Crippen molar-refractivity contribution >= 4 is 67.3 Å². The minimum atomic E-state index is -0.579. The highest BCUT2D eigenvalue weighted by atomic mass is 16.5. The molecule has 2 aromatic heterocycles. The van der Waals surface area contributed by atoms with Gasteiger partial charge in [0.05, 0.1) is 45.6 Å². The molecule has 0 radical (unpaired) electrons. The van der Waals surface area contributed by atoms with Crippen molar-refractivity contribution in [1.29, 1.82) is 0 Å². The fourth-order valence-corrected chi connectivity index (χ4v) is 12.0. The highest BCUT2D eigenvalue weighted by Gasteiger charge is 2.51. The second-order valence-corrected chi connectivity index (χ2v) is 17.8. The average Bonchev–Trinajstić information content (AvgIpc) is 3.95. The van der Waals surface area contributed by atoms with Gasteiger partial charge in [0, 0.05) is 62.5 Å². The Bertz CT molecular complexity index is 3780. The maximum absolute atomic E-state index is 7.15. The molecule has 1 aliphatic carbocycles. The van der Waals surface area contributed by atoms with Gasteiger partial charge in [-0.05, 0) is 84.1 Å². The van der Waals surface area contributed by atoms with Crippen molar-refractivity contribution in [2.75, 3.05) is 7.05 Å². The molecule has 5 nitrogen and oxygen atoms in total. The van der Waals surface area contributed by atoms with E-state index in [1.54, 1.807) is 0 Å². The number of para-hydroxylation sites is 7. The van der Waals surface area contributed by atoms with Crippen molar-refractivity contribution < 1.29 is 4.74 Å². The third-order valence-electron chi connectivity index (χ3n) is 14.5. The smallest absolute Gasteiger partial charge is 0.245 e. The number of benzene rings is 8. The Labute approximate surface area is 364 Å². The first-order chi connectivity index (χ1) is 31.0. The van der Waals surface area contributed by atoms with Crippen LogP contribution in [-0.4, -0.2) is 22.0 Å². The Morgan fingerprint density at radius 3 is 2.11 bits per heavy atom. The molecule has 0 N–H and O–H groups in total. The van der Waals surface area contributed by atoms with Crippen molar-refractivity contribution in [2.45, 2.75) is 18.8 Å². The van der Waals surface area contributed by atoms with Crippen molar-refractivity contribution in [3.63, 3.8) is 0 Å². The van der Waals surface area contributed by atoms with E-state index in [0.717, 1.165) is 51.7 Å². The summed E-state index contributed by atoms with van der Waals surface area (Å²) >= 11 is 0. The van der Waals surface area contributed by atoms with Crippen LogP contribution in [0.5, 0.6) is 11.5 Å². The van der Waals surface area contributed by atoms with Gasteiger partial charge in [-0.15, -0.1) is 0 Å². The zero-order valence-corrected chi connectivity index (χ0v) is 35.0. The van der Waals surface area contributed by atoms with Crippen molar-refractivity contribution in [3.05, 3.63) is 221 Å². The number of nitrogens with zero attached hydrogens (tertiary/aromatic N) is 4. The Kier molecular flexibility index (Phi) is 6.90. The number of fused-ring (bicyclic) bond motifs is 15. The lowest BCUT2D eigenvalue weighted by Gasteiger charge is -2.46. The topological polar surface area (TPSA) is 31.4 Å². The Balaban J connectivity index is 1.02. The summed E-state index contributed by atoms with van der Waals surface area (Å²) in [7, 11) is 2.25. The molecule has 3 atom stereocenters. The zero-order valence-electron chi connectivity index (χ0n) is 35.0. The van der Waals surface area contributed by atoms with Gasteiger partial charge in [-0.1, -0.05) is 116 Å². The van der Waals surface area contributed by atoms with Gasteiger partial charge in [-0.3, -0.25) is 0 Å². The van der Waals surface area contributed by atoms with E-state index in [9.17, 15) is 0 Å². The molecule has 8 aromatic carbocycles. The maximum Gasteiger partial charge on any atom is 0.245 e. The molecule has 3 aliphatic heterocycles. The maximum atomic E-state index is 7.15. The van der Waals surface area contributed by atoms with Crippen LogP contribution in [-0.2, 0) is 5.41 Å². The Morgan fingerprint density at radius 2 is 1.27 bits per heavy atom. The largest absolute Gasteiger partial charge is 0.457 e. The molecular weight excluding hydrogens is 769 g/mol. The van der Waals surface area contributed by atoms with Crippen LogP contribution in [0.15, 0.2) is 193 Å². The number of hydrogen-bond acceptors (Lipinski definition) is 2. The quantitative estimate of drug-likeness (QED) is 0.164. The molecule has 298 valence electrons. The summed E-state index contributed by atoms with van der Waals surface area (Å²) in [6.45, 7) is 2.38. The van der Waals surface area contributed by atoms with Gasteiger partial charge in [0.15, 0.2) is 5.69 Å². The number of ether oxygens (including phenoxy) is 1. The van der Waals surface area contributed by atoms with E-state index in [0.29, 0.717) is 10.4 Å². The summed E-state index contributed by atoms with van der Waals surface area (Å²) in [6.07, 6.45) is 3.45. The highest BCUT2D eigenvalue weighted by Crippen LogP contribution is 2.60. The molecule has 4 aliphatic rings. The third-order valence-corrected chi connectivity index (χ3v) is 14.5. The molecule has 0 saturated heterocycles. The number of rotatable bonds is 3. The van der Waals surface area contributed by atoms with Gasteiger partial charge in [0.2, 0.25) is 5.84 Å². The van der Waals surface area contributed by atoms with Crippen LogP contribution in [0.2, 0.25) is 0 Å². The van der Waals surface area contributed by atoms with Crippen LogP contribution in [0, 0.1) is 5.92 Å². The third kappa shape index (κ3) is 4.41. The van der Waals surface area contributed by atoms with Crippen LogP contribution in [0.25, 0.3) is 55.7 Å². The van der Waals surface area contributed by atoms with E-state index < -0.39 is 5.41 Å². The van der Waals surface area contributed by atoms with Gasteiger partial charge >= 0.3 is 0 Å². The van der Waals surface area contributed by atoms with Gasteiger partial charge in [-0.2, -0.15) is 4.99 Å². The van der Waals surface area contributed by atoms with Gasteiger partial charge in [0.25, 0.3) is 0 Å². The summed E-state index contributed by atoms with van der Waals surface area (Å²) in [4.78, 5) is 5.28. The Hall–Kier alpha value is -7.73. The van der Waals surface area contributed by atoms with Crippen LogP contribution >= 0.6 is 0 Å². The van der Waals surface area contributed by atoms with E-state index in [-0.39, 0.29) is 0 Å². The summed E-state index contributed by atoms with van der Waals surface area (Å²) < 4.78 is 12.6. The lowest BCUT2D eigenvalue weighted by atomic mass is 9.59. The number of quaternary nitrogens is 1. The molecule has 0 saturated carbocycles. The van der Waals surface area contributed by atoms with Crippen LogP contribution in [0.3, 0.4) is 0 Å². The summed E-state index contributed by atoms with van der Waals surface area (Å²) in [6, 6.07) is 68.7. The summed E-state index contributed by atoms with van der Waals surface area (Å²) in [5.74, 6) is 3.16. The molecule has 0 fully saturated rings. The minimum Gasteiger partial charge on any atom is -0.457 e. The predicted molar refractivity (Wildman–Crippen MR) is 258 cm³/mol. The van der Waals surface area contributed by atoms with Crippen LogP contribution in [0.4, 0.5) is 17.1 Å². The second kappa shape index (κ2) is 12.4. The van der Waals surface area contributed by atoms with Crippen LogP contribution in [0.1, 0.15) is 35.6 Å². The molecule has 14 rings (SSSR count). The molecule has 1 spiro atoms. The fraction of sp³-hybridized carbons (Fsp3) is 0.0862. The molecular formula is C58H41N4O+. The number of amidine groups is 1. The van der Waals surface area contributed by atoms with Gasteiger partial charge in [-0.25, -0.2) is 4.48 Å². The highest BCUT2D eigenvalue weighted by molar-refractivity contribution is 6.16. The van der Waals surface area contributed by atoms with E-state index in [1.165, 1.54) is 71.6 Å².